The lowest BCUT2D eigenvalue weighted by molar-refractivity contribution is -0.142. The number of carbonyl (C=O) groups excluding carboxylic acids is 2. The number of nitrogens with one attached hydrogen (secondary N) is 1. The van der Waals surface area contributed by atoms with Gasteiger partial charge in [0, 0.05) is 26.1 Å². The molecule has 1 spiro atoms. The second-order valence-corrected chi connectivity index (χ2v) is 9.42. The average molecular weight is 428 g/mol. The monoisotopic (exact) mass is 427 g/mol. The lowest BCUT2D eigenvalue weighted by atomic mass is 9.74. The molecule has 0 aliphatic carbocycles. The van der Waals surface area contributed by atoms with Crippen LogP contribution in [-0.4, -0.2) is 67.5 Å². The second-order valence-electron chi connectivity index (χ2n) is 9.42. The number of hydrogen-bond acceptors (Lipinski definition) is 4. The molecule has 2 saturated heterocycles. The average Bonchev–Trinajstić information content (AvgIpc) is 3.32. The highest BCUT2D eigenvalue weighted by Crippen LogP contribution is 2.36. The molecule has 1 aromatic rings. The van der Waals surface area contributed by atoms with E-state index in [0.717, 1.165) is 70.5 Å². The summed E-state index contributed by atoms with van der Waals surface area (Å²) in [6.45, 7) is 5.40. The first-order valence-corrected chi connectivity index (χ1v) is 12.2. The van der Waals surface area contributed by atoms with E-state index in [1.165, 1.54) is 18.4 Å². The van der Waals surface area contributed by atoms with Crippen molar-refractivity contribution in [2.45, 2.75) is 57.8 Å². The fourth-order valence-electron chi connectivity index (χ4n) is 5.41. The minimum Gasteiger partial charge on any atom is -0.491 e. The maximum atomic E-state index is 13.3. The fourth-order valence-corrected chi connectivity index (χ4v) is 5.41. The van der Waals surface area contributed by atoms with E-state index < -0.39 is 5.41 Å². The fraction of sp³-hybridized carbons (Fsp3) is 0.680. The van der Waals surface area contributed by atoms with E-state index >= 15 is 0 Å². The predicted molar refractivity (Wildman–Crippen MR) is 121 cm³/mol. The van der Waals surface area contributed by atoms with Crippen LogP contribution in [0.3, 0.4) is 0 Å². The molecule has 170 valence electrons. The summed E-state index contributed by atoms with van der Waals surface area (Å²) in [7, 11) is 0. The first-order chi connectivity index (χ1) is 15.2. The number of aryl methyl sites for hydroxylation is 1. The molecule has 0 saturated carbocycles. The van der Waals surface area contributed by atoms with Crippen molar-refractivity contribution in [3.05, 3.63) is 29.8 Å². The lowest BCUT2D eigenvalue weighted by Gasteiger charge is -2.42. The zero-order chi connectivity index (χ0) is 21.5. The van der Waals surface area contributed by atoms with E-state index in [-0.39, 0.29) is 11.8 Å². The van der Waals surface area contributed by atoms with Crippen molar-refractivity contribution in [2.24, 2.45) is 5.41 Å². The van der Waals surface area contributed by atoms with Gasteiger partial charge in [0.2, 0.25) is 11.8 Å². The number of para-hydroxylation sites is 1. The molecule has 3 aliphatic rings. The standard InChI is InChI=1S/C25H37N3O3/c29-23(11-18-27-15-5-6-16-27)28-17-7-13-25(20-28)12-4-3-9-21-8-1-2-10-22(21)31-19-14-26-24(25)30/h1-2,8,10H,3-7,9,11-20H2,(H,26,30). The Morgan fingerprint density at radius 3 is 2.71 bits per heavy atom. The Kier molecular flexibility index (Phi) is 7.49. The third-order valence-corrected chi connectivity index (χ3v) is 7.22. The maximum Gasteiger partial charge on any atom is 0.228 e. The number of rotatable bonds is 3. The third-order valence-electron chi connectivity index (χ3n) is 7.22. The predicted octanol–water partition coefficient (Wildman–Crippen LogP) is 3.00. The number of fused-ring (bicyclic) bond motifs is 1. The van der Waals surface area contributed by atoms with E-state index in [9.17, 15) is 9.59 Å². The van der Waals surface area contributed by atoms with Crippen molar-refractivity contribution >= 4 is 11.8 Å². The van der Waals surface area contributed by atoms with Gasteiger partial charge in [-0.1, -0.05) is 24.6 Å². The summed E-state index contributed by atoms with van der Waals surface area (Å²) in [5.41, 5.74) is 0.783. The van der Waals surface area contributed by atoms with Crippen molar-refractivity contribution in [3.63, 3.8) is 0 Å². The Morgan fingerprint density at radius 1 is 1.03 bits per heavy atom. The van der Waals surface area contributed by atoms with E-state index in [4.69, 9.17) is 4.74 Å². The highest BCUT2D eigenvalue weighted by molar-refractivity contribution is 5.84. The van der Waals surface area contributed by atoms with Crippen LogP contribution in [0.4, 0.5) is 0 Å². The molecule has 1 aromatic carbocycles. The second kappa shape index (κ2) is 10.5. The normalized spacial score (nSPS) is 25.8. The molecule has 4 rings (SSSR count). The van der Waals surface area contributed by atoms with Crippen molar-refractivity contribution in [1.29, 1.82) is 0 Å². The first-order valence-electron chi connectivity index (χ1n) is 12.2. The number of piperidine rings is 1. The molecule has 0 bridgehead atoms. The number of hydrogen-bond donors (Lipinski definition) is 1. The zero-order valence-corrected chi connectivity index (χ0v) is 18.7. The van der Waals surface area contributed by atoms with Gasteiger partial charge in [-0.15, -0.1) is 0 Å². The highest BCUT2D eigenvalue weighted by Gasteiger charge is 2.42. The number of nitrogens with zero attached hydrogens (tertiary/aromatic N) is 2. The molecule has 31 heavy (non-hydrogen) atoms. The highest BCUT2D eigenvalue weighted by atomic mass is 16.5. The Labute approximate surface area is 186 Å². The molecule has 3 aliphatic heterocycles. The van der Waals surface area contributed by atoms with Gasteiger partial charge >= 0.3 is 0 Å². The molecule has 0 radical (unpaired) electrons. The van der Waals surface area contributed by atoms with Gasteiger partial charge in [0.15, 0.2) is 0 Å². The number of ether oxygens (including phenoxy) is 1. The summed E-state index contributed by atoms with van der Waals surface area (Å²) in [5, 5.41) is 3.12. The van der Waals surface area contributed by atoms with Crippen LogP contribution < -0.4 is 10.1 Å². The first kappa shape index (κ1) is 22.1. The van der Waals surface area contributed by atoms with Gasteiger partial charge in [0.25, 0.3) is 0 Å². The summed E-state index contributed by atoms with van der Waals surface area (Å²) in [5.74, 6) is 1.24. The Morgan fingerprint density at radius 2 is 1.84 bits per heavy atom. The molecule has 1 N–H and O–H groups in total. The van der Waals surface area contributed by atoms with Crippen LogP contribution >= 0.6 is 0 Å². The summed E-state index contributed by atoms with van der Waals surface area (Å²) < 4.78 is 5.94. The maximum absolute atomic E-state index is 13.3. The molecule has 3 heterocycles. The molecule has 2 amide bonds. The zero-order valence-electron chi connectivity index (χ0n) is 18.7. The summed E-state index contributed by atoms with van der Waals surface area (Å²) in [4.78, 5) is 30.6. The Bertz CT molecular complexity index is 762. The van der Waals surface area contributed by atoms with E-state index in [2.05, 4.69) is 22.3 Å². The SMILES string of the molecule is O=C(CCN1CCCC1)N1CCCC2(CCCCc3ccccc3OCCNC2=O)C1. The number of amides is 2. The van der Waals surface area contributed by atoms with Crippen molar-refractivity contribution < 1.29 is 14.3 Å². The quantitative estimate of drug-likeness (QED) is 0.806. The van der Waals surface area contributed by atoms with Crippen molar-refractivity contribution in [2.75, 3.05) is 45.9 Å². The molecule has 1 unspecified atom stereocenters. The van der Waals surface area contributed by atoms with E-state index in [1.54, 1.807) is 0 Å². The minimum absolute atomic E-state index is 0.0991. The summed E-state index contributed by atoms with van der Waals surface area (Å²) >= 11 is 0. The van der Waals surface area contributed by atoms with E-state index in [0.29, 0.717) is 26.1 Å². The van der Waals surface area contributed by atoms with E-state index in [1.807, 2.05) is 17.0 Å². The number of carbonyl (C=O) groups is 2. The van der Waals surface area contributed by atoms with Gasteiger partial charge in [-0.25, -0.2) is 0 Å². The summed E-state index contributed by atoms with van der Waals surface area (Å²) in [6, 6.07) is 8.20. The molecule has 2 fully saturated rings. The van der Waals surface area contributed by atoms with Crippen LogP contribution in [0, 0.1) is 5.41 Å². The van der Waals surface area contributed by atoms with Crippen LogP contribution in [-0.2, 0) is 16.0 Å². The topological polar surface area (TPSA) is 61.9 Å². The van der Waals surface area contributed by atoms with Crippen LogP contribution in [0.25, 0.3) is 0 Å². The van der Waals surface area contributed by atoms with Gasteiger partial charge in [-0.05, 0) is 69.7 Å². The minimum atomic E-state index is -0.458. The van der Waals surface area contributed by atoms with Crippen LogP contribution in [0.1, 0.15) is 56.9 Å². The molecular weight excluding hydrogens is 390 g/mol. The molecule has 6 nitrogen and oxygen atoms in total. The van der Waals surface area contributed by atoms with Gasteiger partial charge < -0.3 is 19.9 Å². The van der Waals surface area contributed by atoms with Gasteiger partial charge in [-0.3, -0.25) is 9.59 Å². The van der Waals surface area contributed by atoms with Crippen LogP contribution in [0.2, 0.25) is 0 Å². The molecule has 6 heteroatoms. The number of likely N-dealkylation sites (tertiary alicyclic amines) is 2. The summed E-state index contributed by atoms with van der Waals surface area (Å²) in [6.07, 6.45) is 8.65. The van der Waals surface area contributed by atoms with Crippen molar-refractivity contribution in [1.82, 2.24) is 15.1 Å². The van der Waals surface area contributed by atoms with Crippen LogP contribution in [0.5, 0.6) is 5.75 Å². The third kappa shape index (κ3) is 5.59. The molecular formula is C25H37N3O3. The van der Waals surface area contributed by atoms with Gasteiger partial charge in [0.05, 0.1) is 12.0 Å². The Balaban J connectivity index is 1.39. The van der Waals surface area contributed by atoms with Crippen molar-refractivity contribution in [3.8, 4) is 5.75 Å². The largest absolute Gasteiger partial charge is 0.491 e. The number of benzene rings is 1. The smallest absolute Gasteiger partial charge is 0.228 e. The van der Waals surface area contributed by atoms with Crippen LogP contribution in [0.15, 0.2) is 24.3 Å². The lowest BCUT2D eigenvalue weighted by Crippen LogP contribution is -2.54. The molecule has 0 aromatic heterocycles. The molecule has 1 atom stereocenters. The van der Waals surface area contributed by atoms with Gasteiger partial charge in [0.1, 0.15) is 12.4 Å². The van der Waals surface area contributed by atoms with Gasteiger partial charge in [-0.2, -0.15) is 0 Å². The Hall–Kier alpha value is -2.08.